The maximum absolute atomic E-state index is 13.2. The van der Waals surface area contributed by atoms with Gasteiger partial charge in [0.15, 0.2) is 0 Å². The number of allylic oxidation sites excluding steroid dienone is 1. The Morgan fingerprint density at radius 2 is 1.88 bits per heavy atom. The summed E-state index contributed by atoms with van der Waals surface area (Å²) in [7, 11) is 3.19. The van der Waals surface area contributed by atoms with Gasteiger partial charge in [-0.2, -0.15) is 0 Å². The van der Waals surface area contributed by atoms with E-state index in [0.717, 1.165) is 4.57 Å². The Morgan fingerprint density at radius 3 is 2.58 bits per heavy atom. The van der Waals surface area contributed by atoms with Crippen LogP contribution < -0.4 is 16.2 Å². The van der Waals surface area contributed by atoms with Crippen molar-refractivity contribution in [3.63, 3.8) is 0 Å². The SMILES string of the molecule is CN(C)C(=O)/C=C/CCC(NC(=O)OCCO)C(=O)Nc1cccn(Cc2cc3ccccc3n2C(=O)O)c1=O. The highest BCUT2D eigenvalue weighted by Crippen LogP contribution is 2.20. The van der Waals surface area contributed by atoms with Crippen molar-refractivity contribution in [2.24, 2.45) is 0 Å². The number of nitrogens with zero attached hydrogens (tertiary/aromatic N) is 3. The van der Waals surface area contributed by atoms with Crippen molar-refractivity contribution in [3.8, 4) is 0 Å². The van der Waals surface area contributed by atoms with Crippen LogP contribution in [0.5, 0.6) is 0 Å². The van der Waals surface area contributed by atoms with Crippen molar-refractivity contribution in [3.05, 3.63) is 76.9 Å². The summed E-state index contributed by atoms with van der Waals surface area (Å²) < 4.78 is 7.15. The summed E-state index contributed by atoms with van der Waals surface area (Å²) >= 11 is 0. The third-order valence-corrected chi connectivity index (χ3v) is 5.84. The predicted octanol–water partition coefficient (Wildman–Crippen LogP) is 1.83. The number of pyridine rings is 1. The minimum absolute atomic E-state index is 0.0800. The smallest absolute Gasteiger partial charge is 0.416 e. The lowest BCUT2D eigenvalue weighted by molar-refractivity contribution is -0.123. The fourth-order valence-corrected chi connectivity index (χ4v) is 3.89. The average molecular weight is 554 g/mol. The Kier molecular flexibility index (Phi) is 10.2. The van der Waals surface area contributed by atoms with E-state index < -0.39 is 36.3 Å². The molecule has 3 amide bonds. The van der Waals surface area contributed by atoms with Gasteiger partial charge in [-0.05, 0) is 43.2 Å². The lowest BCUT2D eigenvalue weighted by Crippen LogP contribution is -2.45. The summed E-state index contributed by atoms with van der Waals surface area (Å²) in [5.41, 5.74) is 0.158. The highest BCUT2D eigenvalue weighted by molar-refractivity contribution is 5.96. The number of benzene rings is 1. The third kappa shape index (κ3) is 7.57. The minimum Gasteiger partial charge on any atom is -0.464 e. The number of hydrogen-bond donors (Lipinski definition) is 4. The van der Waals surface area contributed by atoms with E-state index in [4.69, 9.17) is 9.84 Å². The molecule has 0 radical (unpaired) electrons. The number of alkyl carbamates (subject to hydrolysis) is 1. The number of hydrogen-bond acceptors (Lipinski definition) is 7. The zero-order chi connectivity index (χ0) is 29.2. The summed E-state index contributed by atoms with van der Waals surface area (Å²) in [6.45, 7) is -0.749. The monoisotopic (exact) mass is 553 g/mol. The Balaban J connectivity index is 1.80. The number of rotatable bonds is 11. The van der Waals surface area contributed by atoms with Crippen molar-refractivity contribution in [1.29, 1.82) is 0 Å². The molecule has 0 aliphatic carbocycles. The average Bonchev–Trinajstić information content (AvgIpc) is 3.29. The van der Waals surface area contributed by atoms with Crippen LogP contribution in [0.25, 0.3) is 10.9 Å². The highest BCUT2D eigenvalue weighted by Gasteiger charge is 2.22. The Bertz CT molecular complexity index is 1470. The summed E-state index contributed by atoms with van der Waals surface area (Å²) in [6, 6.07) is 10.4. The van der Waals surface area contributed by atoms with Crippen molar-refractivity contribution < 1.29 is 34.1 Å². The molecular formula is C27H31N5O8. The maximum atomic E-state index is 13.2. The van der Waals surface area contributed by atoms with E-state index in [1.54, 1.807) is 50.5 Å². The second kappa shape index (κ2) is 13.8. The van der Waals surface area contributed by atoms with Crippen LogP contribution in [0.2, 0.25) is 0 Å². The largest absolute Gasteiger partial charge is 0.464 e. The van der Waals surface area contributed by atoms with E-state index >= 15 is 0 Å². The molecule has 13 heteroatoms. The molecule has 13 nitrogen and oxygen atoms in total. The highest BCUT2D eigenvalue weighted by atomic mass is 16.6. The first-order valence-corrected chi connectivity index (χ1v) is 12.4. The Labute approximate surface area is 229 Å². The van der Waals surface area contributed by atoms with E-state index in [9.17, 15) is 29.1 Å². The molecule has 1 unspecified atom stereocenters. The number of ether oxygens (including phenoxy) is 1. The number of fused-ring (bicyclic) bond motifs is 1. The van der Waals surface area contributed by atoms with Gasteiger partial charge in [0.1, 0.15) is 18.3 Å². The second-order valence-corrected chi connectivity index (χ2v) is 8.93. The molecule has 212 valence electrons. The van der Waals surface area contributed by atoms with Crippen LogP contribution in [-0.4, -0.2) is 81.6 Å². The molecule has 0 aliphatic heterocycles. The molecule has 3 aromatic rings. The number of para-hydroxylation sites is 1. The van der Waals surface area contributed by atoms with Gasteiger partial charge in [-0.3, -0.25) is 14.4 Å². The number of carbonyl (C=O) groups excluding carboxylic acids is 3. The molecule has 0 spiro atoms. The molecule has 0 aliphatic rings. The molecule has 0 bridgehead atoms. The van der Waals surface area contributed by atoms with Crippen LogP contribution in [0.15, 0.2) is 65.6 Å². The molecular weight excluding hydrogens is 522 g/mol. The number of amides is 3. The normalized spacial score (nSPS) is 11.8. The van der Waals surface area contributed by atoms with E-state index in [0.29, 0.717) is 16.6 Å². The molecule has 2 aromatic heterocycles. The van der Waals surface area contributed by atoms with E-state index in [1.807, 2.05) is 0 Å². The first-order valence-electron chi connectivity index (χ1n) is 12.4. The van der Waals surface area contributed by atoms with Gasteiger partial charge in [-0.25, -0.2) is 14.2 Å². The van der Waals surface area contributed by atoms with Gasteiger partial charge in [-0.1, -0.05) is 24.3 Å². The van der Waals surface area contributed by atoms with Crippen LogP contribution in [0.4, 0.5) is 15.3 Å². The summed E-state index contributed by atoms with van der Waals surface area (Å²) in [4.78, 5) is 63.4. The molecule has 40 heavy (non-hydrogen) atoms. The second-order valence-electron chi connectivity index (χ2n) is 8.93. The van der Waals surface area contributed by atoms with Gasteiger partial charge >= 0.3 is 12.2 Å². The van der Waals surface area contributed by atoms with Gasteiger partial charge < -0.3 is 35.1 Å². The number of carboxylic acid groups (broad SMARTS) is 1. The summed E-state index contributed by atoms with van der Waals surface area (Å²) in [5.74, 6) is -0.953. The van der Waals surface area contributed by atoms with Gasteiger partial charge in [0.05, 0.1) is 18.7 Å². The molecule has 4 N–H and O–H groups in total. The Morgan fingerprint density at radius 1 is 1.12 bits per heavy atom. The lowest BCUT2D eigenvalue weighted by Gasteiger charge is -2.18. The fourth-order valence-electron chi connectivity index (χ4n) is 3.89. The number of aliphatic hydroxyl groups excluding tert-OH is 1. The van der Waals surface area contributed by atoms with Crippen LogP contribution in [0.1, 0.15) is 18.5 Å². The van der Waals surface area contributed by atoms with Gasteiger partial charge in [0.2, 0.25) is 11.8 Å². The molecule has 3 rings (SSSR count). The number of anilines is 1. The first kappa shape index (κ1) is 29.6. The molecule has 0 fully saturated rings. The molecule has 2 heterocycles. The fraction of sp³-hybridized carbons (Fsp3) is 0.296. The summed E-state index contributed by atoms with van der Waals surface area (Å²) in [5, 5.41) is 24.2. The molecule has 0 saturated heterocycles. The van der Waals surface area contributed by atoms with Gasteiger partial charge in [0, 0.05) is 31.4 Å². The van der Waals surface area contributed by atoms with Crippen molar-refractivity contribution in [1.82, 2.24) is 19.4 Å². The number of aromatic nitrogens is 2. The lowest BCUT2D eigenvalue weighted by atomic mass is 10.1. The number of nitrogens with one attached hydrogen (secondary N) is 2. The van der Waals surface area contributed by atoms with Crippen molar-refractivity contribution >= 4 is 40.6 Å². The molecule has 1 aromatic carbocycles. The van der Waals surface area contributed by atoms with E-state index in [2.05, 4.69) is 10.6 Å². The maximum Gasteiger partial charge on any atom is 0.416 e. The minimum atomic E-state index is -1.20. The van der Waals surface area contributed by atoms with Crippen LogP contribution in [0, 0.1) is 0 Å². The number of aliphatic hydroxyl groups is 1. The van der Waals surface area contributed by atoms with Crippen molar-refractivity contribution in [2.75, 3.05) is 32.6 Å². The van der Waals surface area contributed by atoms with Crippen LogP contribution in [-0.2, 0) is 20.9 Å². The zero-order valence-electron chi connectivity index (χ0n) is 22.1. The first-order chi connectivity index (χ1) is 19.1. The summed E-state index contributed by atoms with van der Waals surface area (Å²) in [6.07, 6.45) is 2.56. The molecule has 0 saturated carbocycles. The topological polar surface area (TPSA) is 172 Å². The van der Waals surface area contributed by atoms with Crippen LogP contribution in [0.3, 0.4) is 0 Å². The standard InChI is InChI=1S/C27H31N5O8/c1-30(2)23(34)12-6-4-9-20(29-26(37)40-15-14-33)24(35)28-21-10-7-13-31(25(21)36)17-19-16-18-8-3-5-11-22(18)32(19)27(38)39/h3,5-8,10-13,16,20,33H,4,9,14-15,17H2,1-2H3,(H,28,35)(H,29,37)(H,38,39)/b12-6+. The quantitative estimate of drug-likeness (QED) is 0.260. The zero-order valence-corrected chi connectivity index (χ0v) is 22.1. The Hall–Kier alpha value is -4.91. The number of carbonyl (C=O) groups is 4. The number of likely N-dealkylation sites (N-methyl/N-ethyl adjacent to an activating group) is 1. The van der Waals surface area contributed by atoms with E-state index in [1.165, 1.54) is 33.9 Å². The third-order valence-electron chi connectivity index (χ3n) is 5.84. The molecule has 1 atom stereocenters. The van der Waals surface area contributed by atoms with Gasteiger partial charge in [-0.15, -0.1) is 0 Å². The predicted molar refractivity (Wildman–Crippen MR) is 146 cm³/mol. The van der Waals surface area contributed by atoms with Crippen LogP contribution >= 0.6 is 0 Å². The van der Waals surface area contributed by atoms with E-state index in [-0.39, 0.29) is 37.6 Å². The van der Waals surface area contributed by atoms with Gasteiger partial charge in [0.25, 0.3) is 5.56 Å². The van der Waals surface area contributed by atoms with Crippen molar-refractivity contribution in [2.45, 2.75) is 25.4 Å².